The normalized spacial score (nSPS) is 10.5. The number of aromatic nitrogens is 1. The molecule has 0 aliphatic carbocycles. The Bertz CT molecular complexity index is 382. The third kappa shape index (κ3) is 1.07. The second-order valence-electron chi connectivity index (χ2n) is 2.77. The standard InChI is InChI=1S/C10H8ClN/c1-7-3-2-4-9-8(7)5-6-12-10(9)11/h2-6H,1H3. The zero-order valence-electron chi connectivity index (χ0n) is 6.71. The molecule has 12 heavy (non-hydrogen) atoms. The van der Waals surface area contributed by atoms with Crippen LogP contribution in [0.5, 0.6) is 0 Å². The molecule has 0 radical (unpaired) electrons. The highest BCUT2D eigenvalue weighted by atomic mass is 35.5. The zero-order chi connectivity index (χ0) is 8.55. The van der Waals surface area contributed by atoms with E-state index in [1.807, 2.05) is 18.2 Å². The van der Waals surface area contributed by atoms with E-state index in [1.165, 1.54) is 10.9 Å². The zero-order valence-corrected chi connectivity index (χ0v) is 7.47. The van der Waals surface area contributed by atoms with Crippen LogP contribution < -0.4 is 0 Å². The molecule has 1 nitrogen and oxygen atoms in total. The topological polar surface area (TPSA) is 12.9 Å². The van der Waals surface area contributed by atoms with Crippen molar-refractivity contribution in [1.29, 1.82) is 0 Å². The first-order valence-electron chi connectivity index (χ1n) is 3.79. The molecular weight excluding hydrogens is 170 g/mol. The molecule has 2 aromatic rings. The molecule has 2 rings (SSSR count). The van der Waals surface area contributed by atoms with E-state index in [9.17, 15) is 0 Å². The average molecular weight is 178 g/mol. The average Bonchev–Trinajstić information content (AvgIpc) is 2.07. The highest BCUT2D eigenvalue weighted by Crippen LogP contribution is 2.22. The lowest BCUT2D eigenvalue weighted by molar-refractivity contribution is 1.35. The maximum Gasteiger partial charge on any atom is 0.136 e. The SMILES string of the molecule is Cc1cccc2c(Cl)nccc12. The Morgan fingerprint density at radius 3 is 2.75 bits per heavy atom. The van der Waals surface area contributed by atoms with Gasteiger partial charge in [-0.15, -0.1) is 0 Å². The molecule has 0 saturated heterocycles. The monoisotopic (exact) mass is 177 g/mol. The minimum atomic E-state index is 0.580. The van der Waals surface area contributed by atoms with Crippen molar-refractivity contribution in [3.05, 3.63) is 41.2 Å². The molecule has 0 aliphatic rings. The van der Waals surface area contributed by atoms with Gasteiger partial charge < -0.3 is 0 Å². The Kier molecular flexibility index (Phi) is 1.74. The lowest BCUT2D eigenvalue weighted by Gasteiger charge is -2.01. The lowest BCUT2D eigenvalue weighted by Crippen LogP contribution is -1.81. The van der Waals surface area contributed by atoms with Gasteiger partial charge in [-0.3, -0.25) is 0 Å². The number of hydrogen-bond donors (Lipinski definition) is 0. The van der Waals surface area contributed by atoms with Crippen LogP contribution in [0.15, 0.2) is 30.5 Å². The molecule has 1 heterocycles. The molecule has 0 amide bonds. The van der Waals surface area contributed by atoms with Crippen LogP contribution >= 0.6 is 11.6 Å². The fraction of sp³-hybridized carbons (Fsp3) is 0.100. The number of halogens is 1. The smallest absolute Gasteiger partial charge is 0.136 e. The summed E-state index contributed by atoms with van der Waals surface area (Å²) in [6, 6.07) is 8.03. The Balaban J connectivity index is 2.94. The molecule has 0 unspecified atom stereocenters. The van der Waals surface area contributed by atoms with Crippen molar-refractivity contribution in [2.24, 2.45) is 0 Å². The summed E-state index contributed by atoms with van der Waals surface area (Å²) >= 11 is 5.92. The van der Waals surface area contributed by atoms with Crippen molar-refractivity contribution in [2.75, 3.05) is 0 Å². The summed E-state index contributed by atoms with van der Waals surface area (Å²) in [4.78, 5) is 4.01. The molecule has 0 fully saturated rings. The number of fused-ring (bicyclic) bond motifs is 1. The second-order valence-corrected chi connectivity index (χ2v) is 3.13. The van der Waals surface area contributed by atoms with Crippen molar-refractivity contribution < 1.29 is 0 Å². The lowest BCUT2D eigenvalue weighted by atomic mass is 10.1. The van der Waals surface area contributed by atoms with Gasteiger partial charge in [0.25, 0.3) is 0 Å². The molecule has 0 atom stereocenters. The maximum absolute atomic E-state index is 5.92. The van der Waals surface area contributed by atoms with Crippen LogP contribution in [0, 0.1) is 6.92 Å². The third-order valence-electron chi connectivity index (χ3n) is 1.98. The molecule has 1 aromatic heterocycles. The summed E-state index contributed by atoms with van der Waals surface area (Å²) in [7, 11) is 0. The predicted molar refractivity (Wildman–Crippen MR) is 51.5 cm³/mol. The summed E-state index contributed by atoms with van der Waals surface area (Å²) in [6.07, 6.45) is 1.73. The third-order valence-corrected chi connectivity index (χ3v) is 2.28. The van der Waals surface area contributed by atoms with Gasteiger partial charge in [0.1, 0.15) is 5.15 Å². The largest absolute Gasteiger partial charge is 0.244 e. The van der Waals surface area contributed by atoms with E-state index in [1.54, 1.807) is 6.20 Å². The van der Waals surface area contributed by atoms with E-state index in [0.29, 0.717) is 5.15 Å². The van der Waals surface area contributed by atoms with Crippen molar-refractivity contribution in [1.82, 2.24) is 4.98 Å². The van der Waals surface area contributed by atoms with Crippen molar-refractivity contribution >= 4 is 22.4 Å². The Hall–Kier alpha value is -1.08. The van der Waals surface area contributed by atoms with Gasteiger partial charge >= 0.3 is 0 Å². The minimum Gasteiger partial charge on any atom is -0.244 e. The summed E-state index contributed by atoms with van der Waals surface area (Å²) in [5.41, 5.74) is 1.23. The number of rotatable bonds is 0. The van der Waals surface area contributed by atoms with Crippen LogP contribution in [0.3, 0.4) is 0 Å². The van der Waals surface area contributed by atoms with Gasteiger partial charge in [-0.2, -0.15) is 0 Å². The first-order valence-corrected chi connectivity index (χ1v) is 4.16. The summed E-state index contributed by atoms with van der Waals surface area (Å²) in [5, 5.41) is 2.79. The highest BCUT2D eigenvalue weighted by molar-refractivity contribution is 6.34. The molecule has 60 valence electrons. The van der Waals surface area contributed by atoms with Gasteiger partial charge in [-0.25, -0.2) is 4.98 Å². The van der Waals surface area contributed by atoms with Gasteiger partial charge in [-0.1, -0.05) is 29.8 Å². The second kappa shape index (κ2) is 2.76. The molecule has 0 spiro atoms. The molecule has 0 bridgehead atoms. The van der Waals surface area contributed by atoms with Gasteiger partial charge in [0.15, 0.2) is 0 Å². The Morgan fingerprint density at radius 1 is 1.17 bits per heavy atom. The van der Waals surface area contributed by atoms with Crippen LogP contribution in [0.1, 0.15) is 5.56 Å². The number of hydrogen-bond acceptors (Lipinski definition) is 1. The molecule has 1 aromatic carbocycles. The van der Waals surface area contributed by atoms with Crippen LogP contribution in [0.25, 0.3) is 10.8 Å². The van der Waals surface area contributed by atoms with Crippen molar-refractivity contribution in [3.8, 4) is 0 Å². The number of aryl methyl sites for hydroxylation is 1. The maximum atomic E-state index is 5.92. The summed E-state index contributed by atoms with van der Waals surface area (Å²) in [5.74, 6) is 0. The van der Waals surface area contributed by atoms with Gasteiger partial charge in [0.05, 0.1) is 0 Å². The van der Waals surface area contributed by atoms with Gasteiger partial charge in [0, 0.05) is 11.6 Å². The molecule has 0 saturated carbocycles. The number of benzene rings is 1. The Labute approximate surface area is 76.0 Å². The molecule has 0 N–H and O–H groups in total. The van der Waals surface area contributed by atoms with E-state index in [0.717, 1.165) is 5.39 Å². The van der Waals surface area contributed by atoms with Crippen LogP contribution in [0.2, 0.25) is 5.15 Å². The molecule has 2 heteroatoms. The quantitative estimate of drug-likeness (QED) is 0.564. The van der Waals surface area contributed by atoms with E-state index >= 15 is 0 Å². The minimum absolute atomic E-state index is 0.580. The predicted octanol–water partition coefficient (Wildman–Crippen LogP) is 3.20. The van der Waals surface area contributed by atoms with Crippen molar-refractivity contribution in [3.63, 3.8) is 0 Å². The fourth-order valence-corrected chi connectivity index (χ4v) is 1.55. The first-order chi connectivity index (χ1) is 5.79. The van der Waals surface area contributed by atoms with E-state index in [-0.39, 0.29) is 0 Å². The summed E-state index contributed by atoms with van der Waals surface area (Å²) < 4.78 is 0. The van der Waals surface area contributed by atoms with Crippen LogP contribution in [-0.2, 0) is 0 Å². The highest BCUT2D eigenvalue weighted by Gasteiger charge is 1.99. The van der Waals surface area contributed by atoms with Crippen LogP contribution in [-0.4, -0.2) is 4.98 Å². The van der Waals surface area contributed by atoms with Crippen LogP contribution in [0.4, 0.5) is 0 Å². The van der Waals surface area contributed by atoms with E-state index in [2.05, 4.69) is 18.0 Å². The molecule has 0 aliphatic heterocycles. The number of pyridine rings is 1. The summed E-state index contributed by atoms with van der Waals surface area (Å²) in [6.45, 7) is 2.07. The van der Waals surface area contributed by atoms with Gasteiger partial charge in [-0.05, 0) is 23.9 Å². The molecular formula is C10H8ClN. The first kappa shape index (κ1) is 7.56. The van der Waals surface area contributed by atoms with Gasteiger partial charge in [0.2, 0.25) is 0 Å². The van der Waals surface area contributed by atoms with E-state index < -0.39 is 0 Å². The number of nitrogens with zero attached hydrogens (tertiary/aromatic N) is 1. The van der Waals surface area contributed by atoms with E-state index in [4.69, 9.17) is 11.6 Å². The Morgan fingerprint density at radius 2 is 2.00 bits per heavy atom. The fourth-order valence-electron chi connectivity index (χ4n) is 1.33. The van der Waals surface area contributed by atoms with Crippen molar-refractivity contribution in [2.45, 2.75) is 6.92 Å².